The Hall–Kier alpha value is -0.630. The van der Waals surface area contributed by atoms with Gasteiger partial charge >= 0.3 is 0 Å². The van der Waals surface area contributed by atoms with E-state index in [1.807, 2.05) is 0 Å². The first-order valence-electron chi connectivity index (χ1n) is 5.62. The van der Waals surface area contributed by atoms with E-state index in [1.165, 1.54) is 0 Å². The molecule has 15 heavy (non-hydrogen) atoms. The first-order chi connectivity index (χ1) is 7.10. The van der Waals surface area contributed by atoms with Crippen LogP contribution in [0, 0.1) is 11.3 Å². The molecule has 0 aromatic carbocycles. The van der Waals surface area contributed by atoms with Crippen molar-refractivity contribution in [3.8, 4) is 6.07 Å². The van der Waals surface area contributed by atoms with Crippen LogP contribution in [0.25, 0.3) is 0 Å². The maximum absolute atomic E-state index is 8.59. The fourth-order valence-corrected chi connectivity index (χ4v) is 1.38. The van der Waals surface area contributed by atoms with Gasteiger partial charge in [0.1, 0.15) is 0 Å². The summed E-state index contributed by atoms with van der Waals surface area (Å²) in [7, 11) is 4.15. The molecular formula is C11H24N4. The molecule has 0 saturated carbocycles. The number of rotatable bonds is 8. The summed E-state index contributed by atoms with van der Waals surface area (Å²) in [5.41, 5.74) is 5.58. The number of likely N-dealkylation sites (N-methyl/N-ethyl adjacent to an activating group) is 1. The van der Waals surface area contributed by atoms with Gasteiger partial charge in [-0.2, -0.15) is 5.26 Å². The van der Waals surface area contributed by atoms with E-state index in [-0.39, 0.29) is 6.04 Å². The molecule has 0 saturated heterocycles. The van der Waals surface area contributed by atoms with Crippen molar-refractivity contribution < 1.29 is 0 Å². The van der Waals surface area contributed by atoms with Crippen molar-refractivity contribution in [1.29, 1.82) is 5.26 Å². The van der Waals surface area contributed by atoms with Gasteiger partial charge in [0, 0.05) is 19.6 Å². The fraction of sp³-hybridized carbons (Fsp3) is 0.909. The third-order valence-electron chi connectivity index (χ3n) is 2.33. The molecular weight excluding hydrogens is 188 g/mol. The lowest BCUT2D eigenvalue weighted by Gasteiger charge is -2.23. The molecule has 0 spiro atoms. The van der Waals surface area contributed by atoms with E-state index >= 15 is 0 Å². The van der Waals surface area contributed by atoms with Crippen LogP contribution in [0.1, 0.15) is 19.8 Å². The Kier molecular flexibility index (Phi) is 8.30. The highest BCUT2D eigenvalue weighted by Crippen LogP contribution is 1.96. The number of hydrogen-bond acceptors (Lipinski definition) is 4. The Morgan fingerprint density at radius 3 is 2.33 bits per heavy atom. The normalized spacial score (nSPS) is 13.1. The maximum Gasteiger partial charge on any atom is 0.0940 e. The van der Waals surface area contributed by atoms with Crippen molar-refractivity contribution >= 4 is 0 Å². The molecule has 0 amide bonds. The van der Waals surface area contributed by atoms with Crippen molar-refractivity contribution in [2.45, 2.75) is 25.8 Å². The van der Waals surface area contributed by atoms with Crippen molar-refractivity contribution in [2.75, 3.05) is 40.3 Å². The molecule has 4 nitrogen and oxygen atoms in total. The van der Waals surface area contributed by atoms with Crippen LogP contribution in [0.5, 0.6) is 0 Å². The van der Waals surface area contributed by atoms with Gasteiger partial charge in [0.25, 0.3) is 0 Å². The highest BCUT2D eigenvalue weighted by Gasteiger charge is 2.07. The molecule has 0 aliphatic heterocycles. The minimum atomic E-state index is -0.316. The van der Waals surface area contributed by atoms with Crippen molar-refractivity contribution in [3.05, 3.63) is 0 Å². The van der Waals surface area contributed by atoms with Gasteiger partial charge in [-0.05, 0) is 33.5 Å². The number of nitrogens with zero attached hydrogens (tertiary/aromatic N) is 3. The van der Waals surface area contributed by atoms with E-state index in [9.17, 15) is 0 Å². The summed E-state index contributed by atoms with van der Waals surface area (Å²) in [6.07, 6.45) is 1.92. The molecule has 0 rings (SSSR count). The van der Waals surface area contributed by atoms with Gasteiger partial charge in [-0.1, -0.05) is 6.92 Å². The van der Waals surface area contributed by atoms with E-state index in [4.69, 9.17) is 11.0 Å². The van der Waals surface area contributed by atoms with E-state index in [1.54, 1.807) is 0 Å². The molecule has 88 valence electrons. The summed E-state index contributed by atoms with van der Waals surface area (Å²) in [4.78, 5) is 4.55. The molecule has 0 radical (unpaired) electrons. The van der Waals surface area contributed by atoms with Gasteiger partial charge in [0.05, 0.1) is 12.1 Å². The Bertz CT molecular complexity index is 186. The summed E-state index contributed by atoms with van der Waals surface area (Å²) < 4.78 is 0. The number of nitrogens with two attached hydrogens (primary N) is 1. The topological polar surface area (TPSA) is 56.3 Å². The van der Waals surface area contributed by atoms with E-state index in [0.29, 0.717) is 0 Å². The minimum Gasteiger partial charge on any atom is -0.316 e. The van der Waals surface area contributed by atoms with E-state index < -0.39 is 0 Å². The van der Waals surface area contributed by atoms with Crippen LogP contribution in [0.2, 0.25) is 0 Å². The van der Waals surface area contributed by atoms with Crippen LogP contribution in [-0.4, -0.2) is 56.1 Å². The van der Waals surface area contributed by atoms with E-state index in [0.717, 1.165) is 39.0 Å². The van der Waals surface area contributed by atoms with Gasteiger partial charge in [0.15, 0.2) is 0 Å². The lowest BCUT2D eigenvalue weighted by atomic mass is 10.2. The molecule has 0 bridgehead atoms. The molecule has 1 unspecified atom stereocenters. The van der Waals surface area contributed by atoms with Crippen LogP contribution in [0.3, 0.4) is 0 Å². The quantitative estimate of drug-likeness (QED) is 0.636. The smallest absolute Gasteiger partial charge is 0.0940 e. The highest BCUT2D eigenvalue weighted by atomic mass is 15.2. The third-order valence-corrected chi connectivity index (χ3v) is 2.33. The second-order valence-electron chi connectivity index (χ2n) is 4.17. The molecule has 0 aliphatic carbocycles. The number of hydrogen-bond donors (Lipinski definition) is 1. The Labute approximate surface area is 93.6 Å². The molecule has 0 aliphatic rings. The second-order valence-corrected chi connectivity index (χ2v) is 4.17. The molecule has 4 heteroatoms. The number of nitriles is 1. The second kappa shape index (κ2) is 8.66. The third kappa shape index (κ3) is 8.37. The van der Waals surface area contributed by atoms with Gasteiger partial charge < -0.3 is 15.5 Å². The Morgan fingerprint density at radius 2 is 1.87 bits per heavy atom. The van der Waals surface area contributed by atoms with Gasteiger partial charge in [-0.25, -0.2) is 0 Å². The molecule has 2 N–H and O–H groups in total. The monoisotopic (exact) mass is 212 g/mol. The van der Waals surface area contributed by atoms with E-state index in [2.05, 4.69) is 36.9 Å². The summed E-state index contributed by atoms with van der Waals surface area (Å²) >= 11 is 0. The Morgan fingerprint density at radius 1 is 1.20 bits per heavy atom. The van der Waals surface area contributed by atoms with Gasteiger partial charge in [0.2, 0.25) is 0 Å². The first kappa shape index (κ1) is 14.4. The summed E-state index contributed by atoms with van der Waals surface area (Å²) in [6.45, 7) is 6.30. The molecule has 0 heterocycles. The lowest BCUT2D eigenvalue weighted by molar-refractivity contribution is 0.237. The largest absolute Gasteiger partial charge is 0.316 e. The van der Waals surface area contributed by atoms with Gasteiger partial charge in [-0.15, -0.1) is 0 Å². The molecule has 0 fully saturated rings. The average molecular weight is 212 g/mol. The van der Waals surface area contributed by atoms with Crippen LogP contribution in [-0.2, 0) is 0 Å². The summed E-state index contributed by atoms with van der Waals surface area (Å²) in [5.74, 6) is 0. The predicted octanol–water partition coefficient (Wildman–Crippen LogP) is 0.501. The summed E-state index contributed by atoms with van der Waals surface area (Å²) in [6, 6.07) is 1.75. The SMILES string of the molecule is CCCN(CCC(N)C#N)CCN(C)C. The molecule has 0 aromatic rings. The average Bonchev–Trinajstić information content (AvgIpc) is 2.21. The van der Waals surface area contributed by atoms with Crippen molar-refractivity contribution in [1.82, 2.24) is 9.80 Å². The Balaban J connectivity index is 3.78. The summed E-state index contributed by atoms with van der Waals surface area (Å²) in [5, 5.41) is 8.59. The van der Waals surface area contributed by atoms with Gasteiger partial charge in [-0.3, -0.25) is 0 Å². The highest BCUT2D eigenvalue weighted by molar-refractivity contribution is 4.86. The maximum atomic E-state index is 8.59. The lowest BCUT2D eigenvalue weighted by Crippen LogP contribution is -2.35. The predicted molar refractivity (Wildman–Crippen MR) is 63.5 cm³/mol. The van der Waals surface area contributed by atoms with Crippen LogP contribution < -0.4 is 5.73 Å². The van der Waals surface area contributed by atoms with Crippen LogP contribution in [0.15, 0.2) is 0 Å². The fourth-order valence-electron chi connectivity index (χ4n) is 1.38. The molecule has 0 aromatic heterocycles. The zero-order valence-corrected chi connectivity index (χ0v) is 10.2. The zero-order valence-electron chi connectivity index (χ0n) is 10.2. The van der Waals surface area contributed by atoms with Crippen LogP contribution in [0.4, 0.5) is 0 Å². The molecule has 1 atom stereocenters. The first-order valence-corrected chi connectivity index (χ1v) is 5.62. The van der Waals surface area contributed by atoms with Crippen molar-refractivity contribution in [2.24, 2.45) is 5.73 Å². The zero-order chi connectivity index (χ0) is 11.7. The minimum absolute atomic E-state index is 0.316. The van der Waals surface area contributed by atoms with Crippen LogP contribution >= 0.6 is 0 Å². The standard InChI is InChI=1S/C11H24N4/c1-4-6-15(9-8-14(2)3)7-5-11(13)10-12/h11H,4-9,13H2,1-3H3. The van der Waals surface area contributed by atoms with Crippen molar-refractivity contribution in [3.63, 3.8) is 0 Å².